The molecular formula is C35H57NO4. The van der Waals surface area contributed by atoms with Crippen LogP contribution >= 0.6 is 0 Å². The van der Waals surface area contributed by atoms with E-state index in [4.69, 9.17) is 0 Å². The summed E-state index contributed by atoms with van der Waals surface area (Å²) in [5, 5.41) is 23.9. The molecule has 9 atom stereocenters. The molecule has 4 saturated carbocycles. The second-order valence-electron chi connectivity index (χ2n) is 17.3. The first-order valence-corrected chi connectivity index (χ1v) is 16.3. The zero-order valence-electron chi connectivity index (χ0n) is 26.8. The van der Waals surface area contributed by atoms with Crippen LogP contribution in [0.25, 0.3) is 0 Å². The van der Waals surface area contributed by atoms with E-state index in [9.17, 15) is 19.8 Å². The van der Waals surface area contributed by atoms with Crippen LogP contribution in [0.2, 0.25) is 0 Å². The van der Waals surface area contributed by atoms with Gasteiger partial charge in [0.1, 0.15) is 6.04 Å². The number of carbonyl (C=O) groups is 2. The van der Waals surface area contributed by atoms with Crippen LogP contribution in [0.1, 0.15) is 127 Å². The third-order valence-electron chi connectivity index (χ3n) is 14.3. The third kappa shape index (κ3) is 4.02. The van der Waals surface area contributed by atoms with Crippen molar-refractivity contribution in [2.75, 3.05) is 0 Å². The van der Waals surface area contributed by atoms with Crippen molar-refractivity contribution >= 4 is 11.9 Å². The van der Waals surface area contributed by atoms with Gasteiger partial charge >= 0.3 is 5.97 Å². The number of aliphatic hydroxyl groups is 1. The molecule has 4 fully saturated rings. The smallest absolute Gasteiger partial charge is 0.326 e. The lowest BCUT2D eigenvalue weighted by atomic mass is 9.33. The second kappa shape index (κ2) is 9.32. The average Bonchev–Trinajstić information content (AvgIpc) is 2.84. The molecule has 0 heterocycles. The van der Waals surface area contributed by atoms with Crippen LogP contribution < -0.4 is 5.32 Å². The highest BCUT2D eigenvalue weighted by molar-refractivity contribution is 5.88. The summed E-state index contributed by atoms with van der Waals surface area (Å²) in [4.78, 5) is 26.3. The molecule has 226 valence electrons. The first-order chi connectivity index (χ1) is 18.4. The summed E-state index contributed by atoms with van der Waals surface area (Å²) in [6.45, 7) is 20.7. The summed E-state index contributed by atoms with van der Waals surface area (Å²) in [5.74, 6) is 0.118. The summed E-state index contributed by atoms with van der Waals surface area (Å²) < 4.78 is 0. The molecule has 5 nitrogen and oxygen atoms in total. The Hall–Kier alpha value is -1.36. The Morgan fingerprint density at radius 3 is 2.17 bits per heavy atom. The average molecular weight is 556 g/mol. The Balaban J connectivity index is 1.56. The van der Waals surface area contributed by atoms with Gasteiger partial charge < -0.3 is 15.5 Å². The lowest BCUT2D eigenvalue weighted by Gasteiger charge is -2.71. The minimum absolute atomic E-state index is 0.0240. The first kappa shape index (κ1) is 30.1. The Kier molecular flexibility index (Phi) is 7.01. The molecule has 0 saturated heterocycles. The fourth-order valence-electron chi connectivity index (χ4n) is 11.4. The number of allylic oxidation sites excluding steroid dienone is 2. The molecule has 0 spiro atoms. The van der Waals surface area contributed by atoms with Crippen molar-refractivity contribution in [1.82, 2.24) is 5.32 Å². The minimum atomic E-state index is -0.939. The number of aliphatic carboxylic acids is 1. The minimum Gasteiger partial charge on any atom is -0.480 e. The van der Waals surface area contributed by atoms with Gasteiger partial charge in [0.15, 0.2) is 0 Å². The van der Waals surface area contributed by atoms with Crippen LogP contribution in [0.15, 0.2) is 11.6 Å². The lowest BCUT2D eigenvalue weighted by Crippen LogP contribution is -2.66. The standard InChI is InChI=1S/C35H57NO4/c1-21(2)27(28(38)39)36-29(40)35-18-16-30(3,4)20-23(35)22-10-11-25-32(7)14-13-26(37)31(5,6)24(32)12-15-34(25,9)33(22,8)17-19-35/h10,21,23-27,37H,11-20H2,1-9H3,(H,36,40)(H,38,39)/t23-,24?,25+,26-,27?,32-,33+,34+,35-/m0/s1. The predicted molar refractivity (Wildman–Crippen MR) is 159 cm³/mol. The maximum absolute atomic E-state index is 14.2. The third-order valence-corrected chi connectivity index (χ3v) is 14.3. The Morgan fingerprint density at radius 1 is 0.900 bits per heavy atom. The van der Waals surface area contributed by atoms with Crippen molar-refractivity contribution in [2.24, 2.45) is 56.2 Å². The molecule has 0 aliphatic heterocycles. The van der Waals surface area contributed by atoms with Crippen LogP contribution in [0, 0.1) is 56.2 Å². The van der Waals surface area contributed by atoms with E-state index in [0.717, 1.165) is 57.8 Å². The molecule has 0 aromatic rings. The Bertz CT molecular complexity index is 1090. The SMILES string of the molecule is CC(C)C(NC(=O)[C@]12CCC(C)(C)C[C@H]1C1=CC[C@@H]3[C@@]4(C)CC[C@H](O)C(C)(C)C4CC[C@@]3(C)[C@]1(C)CC2)C(=O)O. The van der Waals surface area contributed by atoms with Crippen molar-refractivity contribution in [3.63, 3.8) is 0 Å². The highest BCUT2D eigenvalue weighted by Gasteiger charge is 2.69. The Labute approximate surface area is 243 Å². The first-order valence-electron chi connectivity index (χ1n) is 16.3. The summed E-state index contributed by atoms with van der Waals surface area (Å²) in [7, 11) is 0. The molecule has 0 aromatic heterocycles. The van der Waals surface area contributed by atoms with Crippen molar-refractivity contribution in [2.45, 2.75) is 139 Å². The molecule has 40 heavy (non-hydrogen) atoms. The number of hydrogen-bond acceptors (Lipinski definition) is 3. The summed E-state index contributed by atoms with van der Waals surface area (Å²) in [6, 6.07) is -0.853. The van der Waals surface area contributed by atoms with Gasteiger partial charge in [0, 0.05) is 0 Å². The zero-order chi connectivity index (χ0) is 29.7. The van der Waals surface area contributed by atoms with Gasteiger partial charge in [-0.05, 0) is 115 Å². The molecule has 5 aliphatic carbocycles. The van der Waals surface area contributed by atoms with Crippen LogP contribution in [-0.2, 0) is 9.59 Å². The number of hydrogen-bond donors (Lipinski definition) is 3. The van der Waals surface area contributed by atoms with Crippen molar-refractivity contribution in [3.05, 3.63) is 11.6 Å². The maximum atomic E-state index is 14.2. The van der Waals surface area contributed by atoms with Gasteiger partial charge in [-0.3, -0.25) is 4.79 Å². The molecule has 1 amide bonds. The normalized spacial score (nSPS) is 46.1. The van der Waals surface area contributed by atoms with Gasteiger partial charge in [-0.25, -0.2) is 4.79 Å². The zero-order valence-corrected chi connectivity index (χ0v) is 26.8. The lowest BCUT2D eigenvalue weighted by molar-refractivity contribution is -0.203. The van der Waals surface area contributed by atoms with Crippen LogP contribution in [0.3, 0.4) is 0 Å². The van der Waals surface area contributed by atoms with E-state index in [0.29, 0.717) is 11.8 Å². The number of carbonyl (C=O) groups excluding carboxylic acids is 1. The van der Waals surface area contributed by atoms with Crippen LogP contribution in [0.4, 0.5) is 0 Å². The van der Waals surface area contributed by atoms with Gasteiger partial charge in [-0.15, -0.1) is 0 Å². The highest BCUT2D eigenvalue weighted by Crippen LogP contribution is 2.75. The van der Waals surface area contributed by atoms with Crippen molar-refractivity contribution < 1.29 is 19.8 Å². The molecule has 2 unspecified atom stereocenters. The molecule has 3 N–H and O–H groups in total. The number of nitrogens with one attached hydrogen (secondary N) is 1. The highest BCUT2D eigenvalue weighted by atomic mass is 16.4. The van der Waals surface area contributed by atoms with E-state index in [1.54, 1.807) is 0 Å². The van der Waals surface area contributed by atoms with E-state index < -0.39 is 17.4 Å². The van der Waals surface area contributed by atoms with E-state index in [-0.39, 0.29) is 50.9 Å². The molecule has 0 bridgehead atoms. The number of fused-ring (bicyclic) bond motifs is 7. The van der Waals surface area contributed by atoms with Crippen molar-refractivity contribution in [3.8, 4) is 0 Å². The number of rotatable bonds is 4. The van der Waals surface area contributed by atoms with Gasteiger partial charge in [0.2, 0.25) is 5.91 Å². The van der Waals surface area contributed by atoms with Gasteiger partial charge in [0.25, 0.3) is 0 Å². The number of aliphatic hydroxyl groups excluding tert-OH is 1. The van der Waals surface area contributed by atoms with Gasteiger partial charge in [-0.2, -0.15) is 0 Å². The van der Waals surface area contributed by atoms with Crippen molar-refractivity contribution in [1.29, 1.82) is 0 Å². The van der Waals surface area contributed by atoms with Gasteiger partial charge in [-0.1, -0.05) is 74.0 Å². The molecule has 0 radical (unpaired) electrons. The van der Waals surface area contributed by atoms with E-state index in [2.05, 4.69) is 59.9 Å². The monoisotopic (exact) mass is 555 g/mol. The molecular weight excluding hydrogens is 498 g/mol. The van der Waals surface area contributed by atoms with Gasteiger partial charge in [0.05, 0.1) is 11.5 Å². The van der Waals surface area contributed by atoms with Crippen LogP contribution in [0.5, 0.6) is 0 Å². The van der Waals surface area contributed by atoms with Crippen LogP contribution in [-0.4, -0.2) is 34.2 Å². The fraction of sp³-hybridized carbons (Fsp3) is 0.886. The number of amides is 1. The predicted octanol–water partition coefficient (Wildman–Crippen LogP) is 7.37. The molecule has 5 rings (SSSR count). The van der Waals surface area contributed by atoms with E-state index in [1.807, 2.05) is 13.8 Å². The summed E-state index contributed by atoms with van der Waals surface area (Å²) in [5.41, 5.74) is 1.44. The molecule has 5 heteroatoms. The number of carboxylic acids is 1. The van der Waals surface area contributed by atoms with E-state index in [1.165, 1.54) is 12.0 Å². The molecule has 0 aromatic carbocycles. The second-order valence-corrected chi connectivity index (χ2v) is 17.3. The summed E-state index contributed by atoms with van der Waals surface area (Å²) >= 11 is 0. The fourth-order valence-corrected chi connectivity index (χ4v) is 11.4. The maximum Gasteiger partial charge on any atom is 0.326 e. The topological polar surface area (TPSA) is 86.6 Å². The summed E-state index contributed by atoms with van der Waals surface area (Å²) in [6.07, 6.45) is 12.4. The largest absolute Gasteiger partial charge is 0.480 e. The quantitative estimate of drug-likeness (QED) is 0.316. The molecule has 5 aliphatic rings. The number of carboxylic acid groups (broad SMARTS) is 1. The van der Waals surface area contributed by atoms with E-state index >= 15 is 0 Å². The Morgan fingerprint density at radius 2 is 1.55 bits per heavy atom.